The van der Waals surface area contributed by atoms with Crippen molar-refractivity contribution < 1.29 is 9.90 Å². The summed E-state index contributed by atoms with van der Waals surface area (Å²) >= 11 is 0. The second kappa shape index (κ2) is 4.53. The Morgan fingerprint density at radius 1 is 1.38 bits per heavy atom. The summed E-state index contributed by atoms with van der Waals surface area (Å²) < 4.78 is 0. The van der Waals surface area contributed by atoms with Gasteiger partial charge in [-0.05, 0) is 36.6 Å². The van der Waals surface area contributed by atoms with Gasteiger partial charge in [-0.2, -0.15) is 0 Å². The molecule has 0 fully saturated rings. The second-order valence-electron chi connectivity index (χ2n) is 4.19. The summed E-state index contributed by atoms with van der Waals surface area (Å²) in [5.74, 6) is -1.01. The molecule has 16 heavy (non-hydrogen) atoms. The van der Waals surface area contributed by atoms with Gasteiger partial charge in [0.15, 0.2) is 0 Å². The molecular formula is C12H18N2O2. The Morgan fingerprint density at radius 3 is 2.38 bits per heavy atom. The zero-order valence-electron chi connectivity index (χ0n) is 10.1. The molecule has 1 atom stereocenters. The summed E-state index contributed by atoms with van der Waals surface area (Å²) in [5.41, 5.74) is 9.45. The van der Waals surface area contributed by atoms with Gasteiger partial charge in [0.05, 0.1) is 0 Å². The Hall–Kier alpha value is -1.55. The van der Waals surface area contributed by atoms with E-state index < -0.39 is 12.0 Å². The molecule has 0 aliphatic carbocycles. The molecule has 0 aliphatic rings. The van der Waals surface area contributed by atoms with E-state index in [-0.39, 0.29) is 0 Å². The molecule has 1 aromatic rings. The van der Waals surface area contributed by atoms with Gasteiger partial charge in [0.2, 0.25) is 0 Å². The summed E-state index contributed by atoms with van der Waals surface area (Å²) in [7, 11) is 3.86. The Labute approximate surface area is 95.7 Å². The fraction of sp³-hybridized carbons (Fsp3) is 0.417. The number of aryl methyl sites for hydroxylation is 1. The maximum absolute atomic E-state index is 10.8. The SMILES string of the molecule is Cc1cc(C(N)C(=O)O)cc(N(C)C)c1C. The van der Waals surface area contributed by atoms with Crippen LogP contribution in [-0.4, -0.2) is 25.2 Å². The highest BCUT2D eigenvalue weighted by Crippen LogP contribution is 2.26. The van der Waals surface area contributed by atoms with Crippen molar-refractivity contribution in [2.75, 3.05) is 19.0 Å². The third-order valence-corrected chi connectivity index (χ3v) is 2.77. The van der Waals surface area contributed by atoms with E-state index in [0.29, 0.717) is 5.56 Å². The van der Waals surface area contributed by atoms with Gasteiger partial charge in [-0.15, -0.1) is 0 Å². The zero-order chi connectivity index (χ0) is 12.5. The molecule has 1 aromatic carbocycles. The molecule has 0 radical (unpaired) electrons. The van der Waals surface area contributed by atoms with Gasteiger partial charge in [0, 0.05) is 19.8 Å². The molecule has 4 heteroatoms. The highest BCUT2D eigenvalue weighted by atomic mass is 16.4. The van der Waals surface area contributed by atoms with Gasteiger partial charge in [-0.25, -0.2) is 0 Å². The van der Waals surface area contributed by atoms with Crippen LogP contribution in [0.1, 0.15) is 22.7 Å². The Morgan fingerprint density at radius 2 is 1.94 bits per heavy atom. The lowest BCUT2D eigenvalue weighted by Gasteiger charge is -2.20. The highest BCUT2D eigenvalue weighted by Gasteiger charge is 2.16. The number of carboxylic acid groups (broad SMARTS) is 1. The van der Waals surface area contributed by atoms with Crippen molar-refractivity contribution in [3.05, 3.63) is 28.8 Å². The van der Waals surface area contributed by atoms with E-state index in [1.807, 2.05) is 45.0 Å². The zero-order valence-corrected chi connectivity index (χ0v) is 10.1. The Balaban J connectivity index is 3.29. The molecule has 1 rings (SSSR count). The third-order valence-electron chi connectivity index (χ3n) is 2.77. The van der Waals surface area contributed by atoms with Crippen molar-refractivity contribution in [1.82, 2.24) is 0 Å². The lowest BCUT2D eigenvalue weighted by Crippen LogP contribution is -2.21. The van der Waals surface area contributed by atoms with E-state index in [1.54, 1.807) is 0 Å². The molecular weight excluding hydrogens is 204 g/mol. The van der Waals surface area contributed by atoms with Crippen molar-refractivity contribution in [3.8, 4) is 0 Å². The van der Waals surface area contributed by atoms with Gasteiger partial charge >= 0.3 is 5.97 Å². The molecule has 0 heterocycles. The monoisotopic (exact) mass is 222 g/mol. The smallest absolute Gasteiger partial charge is 0.325 e. The first kappa shape index (κ1) is 12.5. The minimum Gasteiger partial charge on any atom is -0.480 e. The predicted molar refractivity (Wildman–Crippen MR) is 64.8 cm³/mol. The minimum atomic E-state index is -1.01. The van der Waals surface area contributed by atoms with E-state index in [0.717, 1.165) is 16.8 Å². The molecule has 88 valence electrons. The maximum atomic E-state index is 10.8. The fourth-order valence-electron chi connectivity index (χ4n) is 1.65. The van der Waals surface area contributed by atoms with Gasteiger partial charge in [-0.1, -0.05) is 6.07 Å². The normalized spacial score (nSPS) is 12.3. The highest BCUT2D eigenvalue weighted by molar-refractivity contribution is 5.76. The Bertz CT molecular complexity index is 414. The summed E-state index contributed by atoms with van der Waals surface area (Å²) in [6, 6.07) is 2.71. The molecule has 4 nitrogen and oxygen atoms in total. The van der Waals surface area contributed by atoms with Crippen LogP contribution in [0.2, 0.25) is 0 Å². The summed E-state index contributed by atoms with van der Waals surface area (Å²) in [6.07, 6.45) is 0. The van der Waals surface area contributed by atoms with Crippen LogP contribution in [0.5, 0.6) is 0 Å². The lowest BCUT2D eigenvalue weighted by molar-refractivity contribution is -0.138. The number of nitrogens with two attached hydrogens (primary N) is 1. The number of benzene rings is 1. The molecule has 0 amide bonds. The molecule has 0 saturated heterocycles. The second-order valence-corrected chi connectivity index (χ2v) is 4.19. The largest absolute Gasteiger partial charge is 0.480 e. The minimum absolute atomic E-state index is 0.638. The van der Waals surface area contributed by atoms with Crippen molar-refractivity contribution in [1.29, 1.82) is 0 Å². The first-order chi connectivity index (χ1) is 7.34. The number of hydrogen-bond donors (Lipinski definition) is 2. The topological polar surface area (TPSA) is 66.6 Å². The predicted octanol–water partition coefficient (Wildman–Crippen LogP) is 1.45. The van der Waals surface area contributed by atoms with Gasteiger partial charge in [0.1, 0.15) is 6.04 Å². The van der Waals surface area contributed by atoms with E-state index in [2.05, 4.69) is 0 Å². The van der Waals surface area contributed by atoms with Crippen LogP contribution < -0.4 is 10.6 Å². The van der Waals surface area contributed by atoms with Crippen LogP contribution in [0.4, 0.5) is 5.69 Å². The summed E-state index contributed by atoms with van der Waals surface area (Å²) in [5, 5.41) is 8.89. The number of aliphatic carboxylic acids is 1. The molecule has 0 aliphatic heterocycles. The van der Waals surface area contributed by atoms with Crippen LogP contribution in [0.15, 0.2) is 12.1 Å². The lowest BCUT2D eigenvalue weighted by atomic mass is 9.99. The number of nitrogens with zero attached hydrogens (tertiary/aromatic N) is 1. The fourth-order valence-corrected chi connectivity index (χ4v) is 1.65. The van der Waals surface area contributed by atoms with Crippen molar-refractivity contribution >= 4 is 11.7 Å². The Kier molecular flexibility index (Phi) is 3.55. The first-order valence-electron chi connectivity index (χ1n) is 5.11. The number of hydrogen-bond acceptors (Lipinski definition) is 3. The molecule has 0 bridgehead atoms. The van der Waals surface area contributed by atoms with Crippen molar-refractivity contribution in [3.63, 3.8) is 0 Å². The van der Waals surface area contributed by atoms with Crippen LogP contribution >= 0.6 is 0 Å². The first-order valence-corrected chi connectivity index (χ1v) is 5.11. The molecule has 1 unspecified atom stereocenters. The van der Waals surface area contributed by atoms with Crippen LogP contribution in [0, 0.1) is 13.8 Å². The molecule has 0 aromatic heterocycles. The van der Waals surface area contributed by atoms with E-state index in [9.17, 15) is 4.79 Å². The standard InChI is InChI=1S/C12H18N2O2/c1-7-5-9(11(13)12(15)16)6-10(8(7)2)14(3)4/h5-6,11H,13H2,1-4H3,(H,15,16). The summed E-state index contributed by atoms with van der Waals surface area (Å²) in [4.78, 5) is 12.8. The van der Waals surface area contributed by atoms with Crippen molar-refractivity contribution in [2.24, 2.45) is 5.73 Å². The quantitative estimate of drug-likeness (QED) is 0.812. The van der Waals surface area contributed by atoms with Crippen LogP contribution in [-0.2, 0) is 4.79 Å². The van der Waals surface area contributed by atoms with Crippen LogP contribution in [0.3, 0.4) is 0 Å². The number of carboxylic acids is 1. The van der Waals surface area contributed by atoms with Crippen molar-refractivity contribution in [2.45, 2.75) is 19.9 Å². The maximum Gasteiger partial charge on any atom is 0.325 e. The van der Waals surface area contributed by atoms with Gasteiger partial charge < -0.3 is 15.7 Å². The van der Waals surface area contributed by atoms with Gasteiger partial charge in [0.25, 0.3) is 0 Å². The molecule has 0 spiro atoms. The number of carbonyl (C=O) groups is 1. The average molecular weight is 222 g/mol. The average Bonchev–Trinajstić information content (AvgIpc) is 2.20. The number of anilines is 1. The van der Waals surface area contributed by atoms with Gasteiger partial charge in [-0.3, -0.25) is 4.79 Å². The molecule has 3 N–H and O–H groups in total. The third kappa shape index (κ3) is 2.33. The number of rotatable bonds is 3. The van der Waals surface area contributed by atoms with E-state index in [1.165, 1.54) is 0 Å². The van der Waals surface area contributed by atoms with E-state index in [4.69, 9.17) is 10.8 Å². The van der Waals surface area contributed by atoms with Crippen LogP contribution in [0.25, 0.3) is 0 Å². The summed E-state index contributed by atoms with van der Waals surface area (Å²) in [6.45, 7) is 3.97. The molecule has 0 saturated carbocycles. The van der Waals surface area contributed by atoms with E-state index >= 15 is 0 Å².